The molecule has 1 aliphatic rings. The molecule has 19 heavy (non-hydrogen) atoms. The second-order valence-electron chi connectivity index (χ2n) is 5.08. The van der Waals surface area contributed by atoms with Crippen LogP contribution >= 0.6 is 0 Å². The molecule has 0 saturated heterocycles. The van der Waals surface area contributed by atoms with Crippen molar-refractivity contribution in [2.24, 2.45) is 0 Å². The Kier molecular flexibility index (Phi) is 3.56. The van der Waals surface area contributed by atoms with Gasteiger partial charge in [-0.2, -0.15) is 18.3 Å². The van der Waals surface area contributed by atoms with Gasteiger partial charge in [-0.25, -0.2) is 0 Å². The zero-order valence-corrected chi connectivity index (χ0v) is 10.8. The molecule has 0 unspecified atom stereocenters. The molecule has 0 fully saturated rings. The number of carbonyl (C=O) groups is 1. The molecule has 4 nitrogen and oxygen atoms in total. The van der Waals surface area contributed by atoms with Crippen LogP contribution < -0.4 is 0 Å². The van der Waals surface area contributed by atoms with Crippen LogP contribution in [0.15, 0.2) is 0 Å². The fourth-order valence-electron chi connectivity index (χ4n) is 2.29. The van der Waals surface area contributed by atoms with E-state index in [0.29, 0.717) is 13.0 Å². The number of nitrogens with one attached hydrogen (secondary N) is 1. The maximum atomic E-state index is 12.2. The lowest BCUT2D eigenvalue weighted by Gasteiger charge is -2.28. The molecular weight excluding hydrogens is 259 g/mol. The molecular formula is C12H16F3N3O. The van der Waals surface area contributed by atoms with Gasteiger partial charge in [0.1, 0.15) is 6.42 Å². The number of halogens is 3. The van der Waals surface area contributed by atoms with E-state index in [0.717, 1.165) is 17.0 Å². The molecule has 7 heteroatoms. The van der Waals surface area contributed by atoms with E-state index in [9.17, 15) is 18.0 Å². The van der Waals surface area contributed by atoms with E-state index in [2.05, 4.69) is 10.2 Å². The lowest BCUT2D eigenvalue weighted by Crippen LogP contribution is -2.38. The number of aromatic amines is 1. The number of hydrogen-bond acceptors (Lipinski definition) is 2. The van der Waals surface area contributed by atoms with Gasteiger partial charge >= 0.3 is 6.18 Å². The second-order valence-corrected chi connectivity index (χ2v) is 5.08. The summed E-state index contributed by atoms with van der Waals surface area (Å²) >= 11 is 0. The van der Waals surface area contributed by atoms with Gasteiger partial charge in [-0.1, -0.05) is 13.8 Å². The average molecular weight is 275 g/mol. The molecule has 2 heterocycles. The first-order valence-electron chi connectivity index (χ1n) is 6.18. The highest BCUT2D eigenvalue weighted by Gasteiger charge is 2.35. The summed E-state index contributed by atoms with van der Waals surface area (Å²) in [7, 11) is 0. The Morgan fingerprint density at radius 3 is 2.74 bits per heavy atom. The van der Waals surface area contributed by atoms with Gasteiger partial charge in [0.25, 0.3) is 0 Å². The molecule has 1 amide bonds. The van der Waals surface area contributed by atoms with Gasteiger partial charge in [-0.05, 0) is 5.92 Å². The van der Waals surface area contributed by atoms with Crippen molar-refractivity contribution in [1.82, 2.24) is 15.1 Å². The molecule has 1 aromatic heterocycles. The first-order chi connectivity index (χ1) is 8.78. The van der Waals surface area contributed by atoms with Crippen LogP contribution in [0.4, 0.5) is 13.2 Å². The van der Waals surface area contributed by atoms with Crippen LogP contribution in [0.5, 0.6) is 0 Å². The minimum atomic E-state index is -4.45. The summed E-state index contributed by atoms with van der Waals surface area (Å²) in [6.07, 6.45) is -5.31. The highest BCUT2D eigenvalue weighted by molar-refractivity contribution is 5.77. The molecule has 0 atom stereocenters. The first kappa shape index (κ1) is 13.9. The molecule has 1 N–H and O–H groups in total. The normalized spacial score (nSPS) is 15.8. The highest BCUT2D eigenvalue weighted by Crippen LogP contribution is 2.27. The van der Waals surface area contributed by atoms with Crippen molar-refractivity contribution >= 4 is 5.91 Å². The molecule has 0 saturated carbocycles. The van der Waals surface area contributed by atoms with Gasteiger partial charge < -0.3 is 4.90 Å². The standard InChI is InChI=1S/C12H16F3N3O/c1-7(2)11-8-6-18(4-3-9(8)16-17-11)10(19)5-12(13,14)15/h7H,3-6H2,1-2H3,(H,16,17). The molecule has 2 rings (SSSR count). The van der Waals surface area contributed by atoms with Crippen molar-refractivity contribution in [1.29, 1.82) is 0 Å². The van der Waals surface area contributed by atoms with Gasteiger partial charge in [-0.15, -0.1) is 0 Å². The average Bonchev–Trinajstić information content (AvgIpc) is 2.68. The van der Waals surface area contributed by atoms with Gasteiger partial charge in [0.2, 0.25) is 5.91 Å². The summed E-state index contributed by atoms with van der Waals surface area (Å²) in [5.41, 5.74) is 2.64. The van der Waals surface area contributed by atoms with Crippen molar-refractivity contribution in [3.8, 4) is 0 Å². The number of alkyl halides is 3. The molecule has 0 aliphatic carbocycles. The van der Waals surface area contributed by atoms with Gasteiger partial charge in [0.15, 0.2) is 0 Å². The SMILES string of the molecule is CC(C)c1n[nH]c2c1CN(C(=O)CC(F)(F)F)CC2. The molecule has 0 aromatic carbocycles. The first-order valence-corrected chi connectivity index (χ1v) is 6.18. The van der Waals surface area contributed by atoms with Crippen molar-refractivity contribution in [2.75, 3.05) is 6.54 Å². The summed E-state index contributed by atoms with van der Waals surface area (Å²) in [6, 6.07) is 0. The Balaban J connectivity index is 2.13. The number of H-pyrrole nitrogens is 1. The number of aromatic nitrogens is 2. The predicted octanol–water partition coefficient (Wildman–Crippen LogP) is 2.37. The van der Waals surface area contributed by atoms with Crippen molar-refractivity contribution in [2.45, 2.75) is 45.3 Å². The Morgan fingerprint density at radius 1 is 1.47 bits per heavy atom. The lowest BCUT2D eigenvalue weighted by molar-refractivity contribution is -0.162. The Bertz CT molecular complexity index is 479. The molecule has 0 bridgehead atoms. The van der Waals surface area contributed by atoms with Crippen LogP contribution in [0.2, 0.25) is 0 Å². The number of fused-ring (bicyclic) bond motifs is 1. The fourth-order valence-corrected chi connectivity index (χ4v) is 2.29. The largest absolute Gasteiger partial charge is 0.397 e. The Morgan fingerprint density at radius 2 is 2.16 bits per heavy atom. The number of nitrogens with zero attached hydrogens (tertiary/aromatic N) is 2. The molecule has 106 valence electrons. The van der Waals surface area contributed by atoms with Crippen molar-refractivity contribution < 1.29 is 18.0 Å². The zero-order chi connectivity index (χ0) is 14.2. The van der Waals surface area contributed by atoms with Gasteiger partial charge in [0, 0.05) is 30.8 Å². The number of rotatable bonds is 2. The molecule has 1 aliphatic heterocycles. The third-order valence-corrected chi connectivity index (χ3v) is 3.22. The monoisotopic (exact) mass is 275 g/mol. The maximum absolute atomic E-state index is 12.2. The van der Waals surface area contributed by atoms with E-state index in [1.54, 1.807) is 0 Å². The van der Waals surface area contributed by atoms with E-state index in [1.165, 1.54) is 4.90 Å². The summed E-state index contributed by atoms with van der Waals surface area (Å²) in [5.74, 6) is -0.688. The zero-order valence-electron chi connectivity index (χ0n) is 10.8. The smallest absolute Gasteiger partial charge is 0.338 e. The van der Waals surface area contributed by atoms with Crippen LogP contribution in [0.1, 0.15) is 43.1 Å². The van der Waals surface area contributed by atoms with E-state index in [4.69, 9.17) is 0 Å². The highest BCUT2D eigenvalue weighted by atomic mass is 19.4. The fraction of sp³-hybridized carbons (Fsp3) is 0.667. The Labute approximate surface area is 109 Å². The summed E-state index contributed by atoms with van der Waals surface area (Å²) in [5, 5.41) is 7.09. The number of amides is 1. The third-order valence-electron chi connectivity index (χ3n) is 3.22. The lowest BCUT2D eigenvalue weighted by atomic mass is 9.99. The minimum absolute atomic E-state index is 0.178. The van der Waals surface area contributed by atoms with Crippen LogP contribution in [0, 0.1) is 0 Å². The number of carbonyl (C=O) groups excluding carboxylic acids is 1. The summed E-state index contributed by atoms with van der Waals surface area (Å²) < 4.78 is 36.7. The summed E-state index contributed by atoms with van der Waals surface area (Å²) in [4.78, 5) is 12.9. The summed E-state index contributed by atoms with van der Waals surface area (Å²) in [6.45, 7) is 4.45. The van der Waals surface area contributed by atoms with E-state index in [1.807, 2.05) is 13.8 Å². The van der Waals surface area contributed by atoms with E-state index in [-0.39, 0.29) is 12.5 Å². The van der Waals surface area contributed by atoms with Crippen LogP contribution in [0.25, 0.3) is 0 Å². The van der Waals surface area contributed by atoms with Crippen molar-refractivity contribution in [3.05, 3.63) is 17.0 Å². The van der Waals surface area contributed by atoms with Gasteiger partial charge in [-0.3, -0.25) is 9.89 Å². The van der Waals surface area contributed by atoms with Crippen molar-refractivity contribution in [3.63, 3.8) is 0 Å². The number of hydrogen-bond donors (Lipinski definition) is 1. The van der Waals surface area contributed by atoms with Gasteiger partial charge in [0.05, 0.1) is 5.69 Å². The maximum Gasteiger partial charge on any atom is 0.397 e. The topological polar surface area (TPSA) is 49.0 Å². The third kappa shape index (κ3) is 3.08. The minimum Gasteiger partial charge on any atom is -0.338 e. The van der Waals surface area contributed by atoms with E-state index >= 15 is 0 Å². The van der Waals surface area contributed by atoms with Crippen LogP contribution in [0.3, 0.4) is 0 Å². The quantitative estimate of drug-likeness (QED) is 0.900. The van der Waals surface area contributed by atoms with Crippen LogP contribution in [-0.2, 0) is 17.8 Å². The Hall–Kier alpha value is -1.53. The van der Waals surface area contributed by atoms with Crippen LogP contribution in [-0.4, -0.2) is 33.7 Å². The second kappa shape index (κ2) is 4.86. The molecule has 0 radical (unpaired) electrons. The molecule has 0 spiro atoms. The van der Waals surface area contributed by atoms with E-state index < -0.39 is 18.5 Å². The molecule has 1 aromatic rings. The predicted molar refractivity (Wildman–Crippen MR) is 62.5 cm³/mol.